The number of hydrogen-bond acceptors (Lipinski definition) is 4. The number of carbonyl (C=O) groups excluding carboxylic acids is 1. The van der Waals surface area contributed by atoms with Crippen LogP contribution in [0.25, 0.3) is 0 Å². The minimum Gasteiger partial charge on any atom is -0.325 e. The van der Waals surface area contributed by atoms with E-state index >= 15 is 0 Å². The van der Waals surface area contributed by atoms with Crippen molar-refractivity contribution in [2.45, 2.75) is 12.5 Å². The lowest BCUT2D eigenvalue weighted by Gasteiger charge is -2.22. The number of rotatable bonds is 4. The average Bonchev–Trinajstić information content (AvgIpc) is 2.93. The fourth-order valence-corrected chi connectivity index (χ4v) is 3.35. The van der Waals surface area contributed by atoms with Crippen LogP contribution in [0.2, 0.25) is 0 Å². The zero-order valence-electron chi connectivity index (χ0n) is 10.9. The molecule has 0 spiro atoms. The Morgan fingerprint density at radius 1 is 1.53 bits per heavy atom. The second-order valence-electron chi connectivity index (χ2n) is 4.67. The van der Waals surface area contributed by atoms with Gasteiger partial charge in [-0.2, -0.15) is 17.0 Å². The highest BCUT2D eigenvalue weighted by Crippen LogP contribution is 2.21. The van der Waals surface area contributed by atoms with E-state index in [-0.39, 0.29) is 5.91 Å². The number of nitriles is 1. The molecular weight excluding hydrogens is 258 g/mol. The normalized spacial score (nSPS) is 18.3. The first-order chi connectivity index (χ1) is 9.19. The van der Waals surface area contributed by atoms with Crippen molar-refractivity contribution in [1.29, 1.82) is 5.26 Å². The smallest absolute Gasteiger partial charge is 0.238 e. The van der Waals surface area contributed by atoms with Crippen molar-refractivity contribution in [3.05, 3.63) is 29.8 Å². The van der Waals surface area contributed by atoms with E-state index in [2.05, 4.69) is 16.3 Å². The number of thioether (sulfide) groups is 1. The molecule has 0 aromatic heterocycles. The van der Waals surface area contributed by atoms with Gasteiger partial charge in [-0.3, -0.25) is 9.69 Å². The Hall–Kier alpha value is -1.51. The van der Waals surface area contributed by atoms with Gasteiger partial charge in [0.1, 0.15) is 0 Å². The number of amides is 1. The van der Waals surface area contributed by atoms with Crippen LogP contribution in [0.5, 0.6) is 0 Å². The van der Waals surface area contributed by atoms with Crippen LogP contribution in [-0.2, 0) is 4.79 Å². The minimum atomic E-state index is -0.0101. The maximum absolute atomic E-state index is 11.9. The van der Waals surface area contributed by atoms with E-state index in [0.717, 1.165) is 17.9 Å². The van der Waals surface area contributed by atoms with Gasteiger partial charge in [-0.1, -0.05) is 0 Å². The van der Waals surface area contributed by atoms with Crippen molar-refractivity contribution < 1.29 is 4.79 Å². The third-order valence-corrected chi connectivity index (χ3v) is 4.36. The molecule has 1 aliphatic heterocycles. The Balaban J connectivity index is 1.84. The molecule has 0 radical (unpaired) electrons. The van der Waals surface area contributed by atoms with Crippen molar-refractivity contribution in [1.82, 2.24) is 4.90 Å². The highest BCUT2D eigenvalue weighted by Gasteiger charge is 2.21. The molecule has 0 saturated carbocycles. The quantitative estimate of drug-likeness (QED) is 0.912. The van der Waals surface area contributed by atoms with Gasteiger partial charge >= 0.3 is 0 Å². The molecular formula is C14H17N3OS. The third kappa shape index (κ3) is 3.98. The molecule has 100 valence electrons. The number of nitrogens with one attached hydrogen (secondary N) is 1. The summed E-state index contributed by atoms with van der Waals surface area (Å²) in [5.41, 5.74) is 1.33. The lowest BCUT2D eigenvalue weighted by atomic mass is 10.2. The van der Waals surface area contributed by atoms with E-state index < -0.39 is 0 Å². The molecule has 5 heteroatoms. The van der Waals surface area contributed by atoms with Gasteiger partial charge in [0.2, 0.25) is 5.91 Å². The topological polar surface area (TPSA) is 56.1 Å². The lowest BCUT2D eigenvalue weighted by molar-refractivity contribution is -0.117. The second kappa shape index (κ2) is 6.60. The summed E-state index contributed by atoms with van der Waals surface area (Å²) in [7, 11) is 1.99. The summed E-state index contributed by atoms with van der Waals surface area (Å²) in [6, 6.07) is 9.47. The number of carbonyl (C=O) groups is 1. The Labute approximate surface area is 117 Å². The number of hydrogen-bond donors (Lipinski definition) is 1. The molecule has 1 atom stereocenters. The third-order valence-electron chi connectivity index (χ3n) is 3.22. The van der Waals surface area contributed by atoms with Crippen LogP contribution in [0.4, 0.5) is 5.69 Å². The van der Waals surface area contributed by atoms with Crippen molar-refractivity contribution in [3.63, 3.8) is 0 Å². The lowest BCUT2D eigenvalue weighted by Crippen LogP contribution is -2.37. The summed E-state index contributed by atoms with van der Waals surface area (Å²) in [6.45, 7) is 0.408. The van der Waals surface area contributed by atoms with Crippen molar-refractivity contribution in [2.24, 2.45) is 0 Å². The monoisotopic (exact) mass is 275 g/mol. The molecule has 0 bridgehead atoms. The van der Waals surface area contributed by atoms with Gasteiger partial charge in [-0.25, -0.2) is 0 Å². The van der Waals surface area contributed by atoms with Gasteiger partial charge in [0.15, 0.2) is 0 Å². The first kappa shape index (κ1) is 13.9. The summed E-state index contributed by atoms with van der Waals surface area (Å²) < 4.78 is 0. The molecule has 1 saturated heterocycles. The largest absolute Gasteiger partial charge is 0.325 e. The maximum atomic E-state index is 11.9. The van der Waals surface area contributed by atoms with Gasteiger partial charge in [0.25, 0.3) is 0 Å². The summed E-state index contributed by atoms with van der Waals surface area (Å²) >= 11 is 1.94. The van der Waals surface area contributed by atoms with E-state index in [9.17, 15) is 4.79 Å². The molecule has 1 fully saturated rings. The molecule has 1 aliphatic rings. The SMILES string of the molecule is CN(CC(=O)Nc1ccc(C#N)cc1)C1CCSC1. The first-order valence-electron chi connectivity index (χ1n) is 6.27. The van der Waals surface area contributed by atoms with E-state index in [4.69, 9.17) is 5.26 Å². The molecule has 1 heterocycles. The maximum Gasteiger partial charge on any atom is 0.238 e. The van der Waals surface area contributed by atoms with Crippen LogP contribution < -0.4 is 5.32 Å². The van der Waals surface area contributed by atoms with Crippen LogP contribution in [0.15, 0.2) is 24.3 Å². The molecule has 1 aromatic carbocycles. The number of nitrogens with zero attached hydrogens (tertiary/aromatic N) is 2. The van der Waals surface area contributed by atoms with Gasteiger partial charge in [-0.15, -0.1) is 0 Å². The highest BCUT2D eigenvalue weighted by molar-refractivity contribution is 7.99. The summed E-state index contributed by atoms with van der Waals surface area (Å²) in [5.74, 6) is 2.29. The first-order valence-corrected chi connectivity index (χ1v) is 7.42. The van der Waals surface area contributed by atoms with Gasteiger partial charge in [-0.05, 0) is 43.5 Å². The van der Waals surface area contributed by atoms with Gasteiger partial charge < -0.3 is 5.32 Å². The number of likely N-dealkylation sites (N-methyl/N-ethyl adjacent to an activating group) is 1. The van der Waals surface area contributed by atoms with E-state index in [1.54, 1.807) is 24.3 Å². The van der Waals surface area contributed by atoms with Crippen LogP contribution in [0, 0.1) is 11.3 Å². The Morgan fingerprint density at radius 2 is 2.26 bits per heavy atom. The molecule has 1 N–H and O–H groups in total. The number of anilines is 1. The van der Waals surface area contributed by atoms with Crippen molar-refractivity contribution in [2.75, 3.05) is 30.4 Å². The van der Waals surface area contributed by atoms with E-state index in [1.807, 2.05) is 18.8 Å². The Morgan fingerprint density at radius 3 is 2.84 bits per heavy atom. The van der Waals surface area contributed by atoms with Gasteiger partial charge in [0.05, 0.1) is 18.2 Å². The molecule has 1 unspecified atom stereocenters. The van der Waals surface area contributed by atoms with Crippen LogP contribution in [-0.4, -0.2) is 41.9 Å². The zero-order valence-corrected chi connectivity index (χ0v) is 11.7. The Bertz CT molecular complexity index is 474. The fraction of sp³-hybridized carbons (Fsp3) is 0.429. The summed E-state index contributed by atoms with van der Waals surface area (Å²) in [4.78, 5) is 14.0. The van der Waals surface area contributed by atoms with Crippen molar-refractivity contribution in [3.8, 4) is 6.07 Å². The fourth-order valence-electron chi connectivity index (χ4n) is 2.05. The molecule has 0 aliphatic carbocycles. The van der Waals surface area contributed by atoms with Crippen LogP contribution in [0.1, 0.15) is 12.0 Å². The molecule has 1 aromatic rings. The minimum absolute atomic E-state index is 0.0101. The molecule has 2 rings (SSSR count). The standard InChI is InChI=1S/C14H17N3OS/c1-17(13-6-7-19-10-13)9-14(18)16-12-4-2-11(8-15)3-5-12/h2-5,13H,6-7,9-10H2,1H3,(H,16,18). The molecule has 4 nitrogen and oxygen atoms in total. The zero-order chi connectivity index (χ0) is 13.7. The van der Waals surface area contributed by atoms with Crippen molar-refractivity contribution >= 4 is 23.4 Å². The highest BCUT2D eigenvalue weighted by atomic mass is 32.2. The predicted molar refractivity (Wildman–Crippen MR) is 78.1 cm³/mol. The average molecular weight is 275 g/mol. The van der Waals surface area contributed by atoms with E-state index in [0.29, 0.717) is 18.2 Å². The molecule has 1 amide bonds. The van der Waals surface area contributed by atoms with E-state index in [1.165, 1.54) is 5.75 Å². The second-order valence-corrected chi connectivity index (χ2v) is 5.82. The number of benzene rings is 1. The Kier molecular flexibility index (Phi) is 4.83. The van der Waals surface area contributed by atoms with Crippen LogP contribution >= 0.6 is 11.8 Å². The summed E-state index contributed by atoms with van der Waals surface area (Å²) in [6.07, 6.45) is 1.16. The predicted octanol–water partition coefficient (Wildman–Crippen LogP) is 1.93. The summed E-state index contributed by atoms with van der Waals surface area (Å²) in [5, 5.41) is 11.6. The van der Waals surface area contributed by atoms with Crippen LogP contribution in [0.3, 0.4) is 0 Å². The van der Waals surface area contributed by atoms with Gasteiger partial charge in [0, 0.05) is 17.5 Å². The molecule has 19 heavy (non-hydrogen) atoms.